The Labute approximate surface area is 135 Å². The summed E-state index contributed by atoms with van der Waals surface area (Å²) >= 11 is 6.39. The number of carbonyl (C=O) groups excluding carboxylic acids is 1. The molecule has 0 aliphatic heterocycles. The molecule has 9 heteroatoms. The van der Waals surface area contributed by atoms with Gasteiger partial charge in [-0.15, -0.1) is 0 Å². The van der Waals surface area contributed by atoms with Crippen molar-refractivity contribution in [2.75, 3.05) is 19.8 Å². The van der Waals surface area contributed by atoms with Crippen LogP contribution in [-0.4, -0.2) is 39.4 Å². The number of benzene rings is 1. The van der Waals surface area contributed by atoms with Gasteiger partial charge < -0.3 is 10.6 Å². The highest BCUT2D eigenvalue weighted by atomic mass is 79.9. The summed E-state index contributed by atoms with van der Waals surface area (Å²) in [6.07, 6.45) is 0. The lowest BCUT2D eigenvalue weighted by molar-refractivity contribution is -0.130. The van der Waals surface area contributed by atoms with E-state index in [1.54, 1.807) is 20.2 Å². The molecule has 1 atom stereocenters. The minimum Gasteiger partial charge on any atom is -0.398 e. The molecule has 1 rings (SSSR count). The SMILES string of the molecule is CC(NS(=O)(=O)c1c(N)cc(Br)cc1Br)C(=O)N(C)C. The first-order valence-electron chi connectivity index (χ1n) is 5.54. The zero-order valence-corrected chi connectivity index (χ0v) is 15.1. The van der Waals surface area contributed by atoms with Gasteiger partial charge in [0.1, 0.15) is 4.90 Å². The van der Waals surface area contributed by atoms with Crippen LogP contribution in [0.5, 0.6) is 0 Å². The first kappa shape index (κ1) is 17.4. The summed E-state index contributed by atoms with van der Waals surface area (Å²) < 4.78 is 27.9. The van der Waals surface area contributed by atoms with E-state index in [0.717, 1.165) is 0 Å². The number of amides is 1. The van der Waals surface area contributed by atoms with E-state index >= 15 is 0 Å². The number of nitrogen functional groups attached to an aromatic ring is 1. The van der Waals surface area contributed by atoms with E-state index in [9.17, 15) is 13.2 Å². The lowest BCUT2D eigenvalue weighted by Crippen LogP contribution is -2.44. The van der Waals surface area contributed by atoms with Gasteiger partial charge in [0, 0.05) is 23.0 Å². The molecular weight excluding hydrogens is 414 g/mol. The largest absolute Gasteiger partial charge is 0.398 e. The second-order valence-electron chi connectivity index (χ2n) is 4.38. The number of nitrogens with zero attached hydrogens (tertiary/aromatic N) is 1. The number of anilines is 1. The average Bonchev–Trinajstić information content (AvgIpc) is 2.24. The normalized spacial score (nSPS) is 13.1. The molecule has 0 heterocycles. The minimum absolute atomic E-state index is 0.0842. The van der Waals surface area contributed by atoms with Gasteiger partial charge in [0.2, 0.25) is 15.9 Å². The fraction of sp³-hybridized carbons (Fsp3) is 0.364. The lowest BCUT2D eigenvalue weighted by Gasteiger charge is -2.19. The van der Waals surface area contributed by atoms with Crippen LogP contribution >= 0.6 is 31.9 Å². The molecule has 0 fully saturated rings. The Morgan fingerprint density at radius 1 is 1.35 bits per heavy atom. The monoisotopic (exact) mass is 427 g/mol. The van der Waals surface area contributed by atoms with Crippen molar-refractivity contribution in [1.82, 2.24) is 9.62 Å². The first-order valence-corrected chi connectivity index (χ1v) is 8.61. The second-order valence-corrected chi connectivity index (χ2v) is 7.80. The van der Waals surface area contributed by atoms with Crippen LogP contribution in [0.25, 0.3) is 0 Å². The molecule has 0 spiro atoms. The van der Waals surface area contributed by atoms with Crippen molar-refractivity contribution >= 4 is 53.5 Å². The molecule has 0 bridgehead atoms. The standard InChI is InChI=1S/C11H15Br2N3O3S/c1-6(11(17)16(2)3)15-20(18,19)10-8(13)4-7(12)5-9(10)14/h4-6,15H,14H2,1-3H3. The number of likely N-dealkylation sites (N-methyl/N-ethyl adjacent to an activating group) is 1. The molecule has 0 saturated heterocycles. The molecule has 1 amide bonds. The molecule has 112 valence electrons. The highest BCUT2D eigenvalue weighted by Gasteiger charge is 2.26. The summed E-state index contributed by atoms with van der Waals surface area (Å²) in [6, 6.07) is 2.17. The molecule has 3 N–H and O–H groups in total. The predicted molar refractivity (Wildman–Crippen MR) is 84.7 cm³/mol. The van der Waals surface area contributed by atoms with Crippen LogP contribution in [0.3, 0.4) is 0 Å². The molecule has 0 saturated carbocycles. The molecule has 1 aromatic carbocycles. The third-order valence-electron chi connectivity index (χ3n) is 2.45. The van der Waals surface area contributed by atoms with Crippen LogP contribution in [0, 0.1) is 0 Å². The van der Waals surface area contributed by atoms with Crippen molar-refractivity contribution in [3.05, 3.63) is 21.1 Å². The average molecular weight is 429 g/mol. The van der Waals surface area contributed by atoms with Crippen LogP contribution in [0.1, 0.15) is 6.92 Å². The summed E-state index contributed by atoms with van der Waals surface area (Å²) in [5.41, 5.74) is 5.83. The van der Waals surface area contributed by atoms with Crippen LogP contribution in [-0.2, 0) is 14.8 Å². The smallest absolute Gasteiger partial charge is 0.244 e. The molecule has 20 heavy (non-hydrogen) atoms. The third kappa shape index (κ3) is 3.94. The van der Waals surface area contributed by atoms with Gasteiger partial charge in [-0.3, -0.25) is 4.79 Å². The van der Waals surface area contributed by atoms with Crippen molar-refractivity contribution in [2.45, 2.75) is 17.9 Å². The number of halogens is 2. The van der Waals surface area contributed by atoms with Gasteiger partial charge in [0.25, 0.3) is 0 Å². The first-order chi connectivity index (χ1) is 9.06. The van der Waals surface area contributed by atoms with Crippen LogP contribution < -0.4 is 10.5 Å². The van der Waals surface area contributed by atoms with Gasteiger partial charge in [-0.25, -0.2) is 8.42 Å². The molecule has 1 unspecified atom stereocenters. The maximum Gasteiger partial charge on any atom is 0.244 e. The Bertz CT molecular complexity index is 609. The van der Waals surface area contributed by atoms with Crippen LogP contribution in [0.15, 0.2) is 26.0 Å². The Morgan fingerprint density at radius 3 is 2.35 bits per heavy atom. The fourth-order valence-corrected chi connectivity index (χ4v) is 4.86. The van der Waals surface area contributed by atoms with Crippen molar-refractivity contribution < 1.29 is 13.2 Å². The Morgan fingerprint density at radius 2 is 1.90 bits per heavy atom. The van der Waals surface area contributed by atoms with E-state index in [2.05, 4.69) is 36.6 Å². The highest BCUT2D eigenvalue weighted by Crippen LogP contribution is 2.31. The molecule has 6 nitrogen and oxygen atoms in total. The van der Waals surface area contributed by atoms with Gasteiger partial charge in [0.15, 0.2) is 0 Å². The van der Waals surface area contributed by atoms with E-state index in [1.807, 2.05) is 0 Å². The number of hydrogen-bond donors (Lipinski definition) is 2. The van der Waals surface area contributed by atoms with Crippen LogP contribution in [0.2, 0.25) is 0 Å². The maximum atomic E-state index is 12.3. The summed E-state index contributed by atoms with van der Waals surface area (Å²) in [4.78, 5) is 13.0. The van der Waals surface area contributed by atoms with Crippen molar-refractivity contribution in [3.8, 4) is 0 Å². The Kier molecular flexibility index (Phi) is 5.59. The Hall–Kier alpha value is -0.640. The number of nitrogens with one attached hydrogen (secondary N) is 1. The van der Waals surface area contributed by atoms with E-state index in [0.29, 0.717) is 8.95 Å². The van der Waals surface area contributed by atoms with E-state index < -0.39 is 16.1 Å². The molecule has 0 aliphatic rings. The van der Waals surface area contributed by atoms with Gasteiger partial charge in [-0.1, -0.05) is 15.9 Å². The zero-order chi connectivity index (χ0) is 15.7. The highest BCUT2D eigenvalue weighted by molar-refractivity contribution is 9.11. The Balaban J connectivity index is 3.16. The third-order valence-corrected chi connectivity index (χ3v) is 5.45. The minimum atomic E-state index is -3.91. The molecule has 0 radical (unpaired) electrons. The summed E-state index contributed by atoms with van der Waals surface area (Å²) in [6.45, 7) is 1.48. The quantitative estimate of drug-likeness (QED) is 0.711. The van der Waals surface area contributed by atoms with E-state index in [4.69, 9.17) is 5.73 Å². The molecule has 1 aromatic rings. The van der Waals surface area contributed by atoms with E-state index in [-0.39, 0.29) is 16.5 Å². The summed E-state index contributed by atoms with van der Waals surface area (Å²) in [5.74, 6) is -0.347. The van der Waals surface area contributed by atoms with Crippen molar-refractivity contribution in [3.63, 3.8) is 0 Å². The number of carbonyl (C=O) groups is 1. The van der Waals surface area contributed by atoms with Gasteiger partial charge in [0.05, 0.1) is 11.7 Å². The number of hydrogen-bond acceptors (Lipinski definition) is 4. The van der Waals surface area contributed by atoms with Gasteiger partial charge >= 0.3 is 0 Å². The fourth-order valence-electron chi connectivity index (χ4n) is 1.59. The number of sulfonamides is 1. The van der Waals surface area contributed by atoms with Crippen molar-refractivity contribution in [2.24, 2.45) is 0 Å². The summed E-state index contributed by atoms with van der Waals surface area (Å²) in [5, 5.41) is 0. The van der Waals surface area contributed by atoms with Crippen molar-refractivity contribution in [1.29, 1.82) is 0 Å². The molecule has 0 aromatic heterocycles. The van der Waals surface area contributed by atoms with Gasteiger partial charge in [-0.05, 0) is 35.0 Å². The van der Waals surface area contributed by atoms with Crippen LogP contribution in [0.4, 0.5) is 5.69 Å². The lowest BCUT2D eigenvalue weighted by atomic mass is 10.3. The molecule has 0 aliphatic carbocycles. The number of rotatable bonds is 4. The van der Waals surface area contributed by atoms with E-state index in [1.165, 1.54) is 17.9 Å². The molecular formula is C11H15Br2N3O3S. The zero-order valence-electron chi connectivity index (χ0n) is 11.1. The second kappa shape index (κ2) is 6.42. The van der Waals surface area contributed by atoms with Gasteiger partial charge in [-0.2, -0.15) is 4.72 Å². The topological polar surface area (TPSA) is 92.5 Å². The number of nitrogens with two attached hydrogens (primary N) is 1. The maximum absolute atomic E-state index is 12.3. The summed E-state index contributed by atoms with van der Waals surface area (Å²) in [7, 11) is -0.801. The predicted octanol–water partition coefficient (Wildman–Crippen LogP) is 1.55.